The first-order valence-electron chi connectivity index (χ1n) is 8.61. The molecule has 3 fully saturated rings. The van der Waals surface area contributed by atoms with Gasteiger partial charge in [-0.1, -0.05) is 0 Å². The average molecular weight is 303 g/mol. The summed E-state index contributed by atoms with van der Waals surface area (Å²) >= 11 is 0. The molecule has 1 aliphatic carbocycles. The highest BCUT2D eigenvalue weighted by Gasteiger charge is 2.36. The third kappa shape index (κ3) is 2.84. The van der Waals surface area contributed by atoms with Crippen LogP contribution in [0.5, 0.6) is 0 Å². The number of piperazine rings is 1. The van der Waals surface area contributed by atoms with E-state index in [2.05, 4.69) is 31.4 Å². The van der Waals surface area contributed by atoms with Crippen molar-refractivity contribution in [1.82, 2.24) is 20.4 Å². The molecule has 3 heterocycles. The zero-order chi connectivity index (χ0) is 14.9. The van der Waals surface area contributed by atoms with Gasteiger partial charge in [0.05, 0.1) is 0 Å². The standard InChI is InChI=1S/C16H25N5O/c22-16(12-3-4-12)21-7-1-2-13(11-21)14-10-15(19-18-14)20-8-5-17-6-9-20/h10,12-13,17H,1-9,11H2,(H,18,19). The molecule has 0 radical (unpaired) electrons. The Morgan fingerprint density at radius 3 is 2.77 bits per heavy atom. The number of anilines is 1. The smallest absolute Gasteiger partial charge is 0.225 e. The molecule has 0 spiro atoms. The van der Waals surface area contributed by atoms with Crippen LogP contribution in [0, 0.1) is 5.92 Å². The molecule has 1 atom stereocenters. The number of hydrogen-bond donors (Lipinski definition) is 2. The van der Waals surface area contributed by atoms with Gasteiger partial charge >= 0.3 is 0 Å². The van der Waals surface area contributed by atoms with E-state index in [1.807, 2.05) is 0 Å². The molecule has 2 N–H and O–H groups in total. The van der Waals surface area contributed by atoms with Gasteiger partial charge in [0.25, 0.3) is 0 Å². The SMILES string of the molecule is O=C(C1CC1)N1CCCC(c2cc(N3CCNCC3)n[nH]2)C1. The summed E-state index contributed by atoms with van der Waals surface area (Å²) in [5.74, 6) is 2.19. The molecule has 1 aromatic heterocycles. The normalized spacial score (nSPS) is 26.3. The molecule has 2 aliphatic heterocycles. The van der Waals surface area contributed by atoms with Crippen LogP contribution < -0.4 is 10.2 Å². The van der Waals surface area contributed by atoms with Crippen molar-refractivity contribution in [1.29, 1.82) is 0 Å². The first-order chi connectivity index (χ1) is 10.8. The van der Waals surface area contributed by atoms with E-state index in [1.54, 1.807) is 0 Å². The maximum absolute atomic E-state index is 12.3. The van der Waals surface area contributed by atoms with Crippen molar-refractivity contribution in [3.63, 3.8) is 0 Å². The number of nitrogens with zero attached hydrogens (tertiary/aromatic N) is 3. The highest BCUT2D eigenvalue weighted by molar-refractivity contribution is 5.81. The Kier molecular flexibility index (Phi) is 3.78. The summed E-state index contributed by atoms with van der Waals surface area (Å²) < 4.78 is 0. The van der Waals surface area contributed by atoms with Gasteiger partial charge in [0.2, 0.25) is 5.91 Å². The monoisotopic (exact) mass is 303 g/mol. The van der Waals surface area contributed by atoms with E-state index < -0.39 is 0 Å². The van der Waals surface area contributed by atoms with E-state index in [-0.39, 0.29) is 0 Å². The average Bonchev–Trinajstić information content (AvgIpc) is 3.31. The molecule has 1 amide bonds. The highest BCUT2D eigenvalue weighted by Crippen LogP contribution is 2.34. The summed E-state index contributed by atoms with van der Waals surface area (Å²) in [6, 6.07) is 2.20. The van der Waals surface area contributed by atoms with Crippen molar-refractivity contribution in [2.75, 3.05) is 44.2 Å². The minimum absolute atomic E-state index is 0.330. The van der Waals surface area contributed by atoms with Gasteiger partial charge < -0.3 is 15.1 Å². The lowest BCUT2D eigenvalue weighted by molar-refractivity contribution is -0.133. The fraction of sp³-hybridized carbons (Fsp3) is 0.750. The zero-order valence-electron chi connectivity index (χ0n) is 13.1. The van der Waals surface area contributed by atoms with E-state index in [0.29, 0.717) is 17.7 Å². The van der Waals surface area contributed by atoms with Gasteiger partial charge in [-0.25, -0.2) is 0 Å². The minimum atomic E-state index is 0.330. The number of aromatic amines is 1. The number of hydrogen-bond acceptors (Lipinski definition) is 4. The van der Waals surface area contributed by atoms with Crippen LogP contribution in [0.2, 0.25) is 0 Å². The van der Waals surface area contributed by atoms with Crippen LogP contribution in [0.25, 0.3) is 0 Å². The Hall–Kier alpha value is -1.56. The highest BCUT2D eigenvalue weighted by atomic mass is 16.2. The van der Waals surface area contributed by atoms with Crippen LogP contribution in [0.4, 0.5) is 5.82 Å². The number of aromatic nitrogens is 2. The van der Waals surface area contributed by atoms with Crippen LogP contribution in [-0.4, -0.2) is 60.3 Å². The molecule has 1 unspecified atom stereocenters. The molecular weight excluding hydrogens is 278 g/mol. The third-order valence-corrected chi connectivity index (χ3v) is 5.12. The Morgan fingerprint density at radius 2 is 2.00 bits per heavy atom. The van der Waals surface area contributed by atoms with Gasteiger partial charge in [0, 0.05) is 62.9 Å². The van der Waals surface area contributed by atoms with Gasteiger partial charge in [-0.05, 0) is 25.7 Å². The fourth-order valence-electron chi connectivity index (χ4n) is 3.61. The molecule has 3 aliphatic rings. The lowest BCUT2D eigenvalue weighted by atomic mass is 9.94. The Labute approximate surface area is 131 Å². The molecule has 1 aromatic rings. The van der Waals surface area contributed by atoms with Crippen molar-refractivity contribution < 1.29 is 4.79 Å². The van der Waals surface area contributed by atoms with Gasteiger partial charge in [0.15, 0.2) is 5.82 Å². The summed E-state index contributed by atoms with van der Waals surface area (Å²) in [6.45, 7) is 5.87. The molecule has 2 saturated heterocycles. The van der Waals surface area contributed by atoms with Crippen molar-refractivity contribution in [2.24, 2.45) is 5.92 Å². The molecule has 6 heteroatoms. The molecule has 0 aromatic carbocycles. The quantitative estimate of drug-likeness (QED) is 0.872. The molecule has 22 heavy (non-hydrogen) atoms. The second-order valence-electron chi connectivity index (χ2n) is 6.82. The van der Waals surface area contributed by atoms with Crippen molar-refractivity contribution in [3.05, 3.63) is 11.8 Å². The number of likely N-dealkylation sites (tertiary alicyclic amines) is 1. The van der Waals surface area contributed by atoms with E-state index in [1.165, 1.54) is 5.69 Å². The van der Waals surface area contributed by atoms with Crippen LogP contribution in [-0.2, 0) is 4.79 Å². The zero-order valence-corrected chi connectivity index (χ0v) is 13.1. The Bertz CT molecular complexity index is 532. The maximum Gasteiger partial charge on any atom is 0.225 e. The van der Waals surface area contributed by atoms with E-state index in [9.17, 15) is 4.79 Å². The fourth-order valence-corrected chi connectivity index (χ4v) is 3.61. The largest absolute Gasteiger partial charge is 0.353 e. The summed E-state index contributed by atoms with van der Waals surface area (Å²) in [4.78, 5) is 16.7. The Morgan fingerprint density at radius 1 is 1.18 bits per heavy atom. The summed E-state index contributed by atoms with van der Waals surface area (Å²) in [6.07, 6.45) is 4.44. The number of carbonyl (C=O) groups excluding carboxylic acids is 1. The van der Waals surface area contributed by atoms with E-state index >= 15 is 0 Å². The molecule has 4 rings (SSSR count). The van der Waals surface area contributed by atoms with E-state index in [4.69, 9.17) is 0 Å². The Balaban J connectivity index is 1.42. The molecule has 1 saturated carbocycles. The van der Waals surface area contributed by atoms with Crippen LogP contribution in [0.3, 0.4) is 0 Å². The first kappa shape index (κ1) is 14.1. The summed E-state index contributed by atoms with van der Waals surface area (Å²) in [5.41, 5.74) is 1.20. The van der Waals surface area contributed by atoms with Crippen LogP contribution >= 0.6 is 0 Å². The number of amides is 1. The maximum atomic E-state index is 12.3. The topological polar surface area (TPSA) is 64.3 Å². The third-order valence-electron chi connectivity index (χ3n) is 5.12. The van der Waals surface area contributed by atoms with Gasteiger partial charge in [-0.3, -0.25) is 9.89 Å². The molecular formula is C16H25N5O. The van der Waals surface area contributed by atoms with Crippen molar-refractivity contribution in [2.45, 2.75) is 31.6 Å². The van der Waals surface area contributed by atoms with Crippen LogP contribution in [0.1, 0.15) is 37.3 Å². The molecule has 0 bridgehead atoms. The number of H-pyrrole nitrogens is 1. The minimum Gasteiger partial charge on any atom is -0.353 e. The predicted molar refractivity (Wildman–Crippen MR) is 84.9 cm³/mol. The number of rotatable bonds is 3. The number of carbonyl (C=O) groups is 1. The van der Waals surface area contributed by atoms with Crippen LogP contribution in [0.15, 0.2) is 6.07 Å². The predicted octanol–water partition coefficient (Wildman–Crippen LogP) is 0.935. The lowest BCUT2D eigenvalue weighted by Crippen LogP contribution is -2.43. The second kappa shape index (κ2) is 5.91. The van der Waals surface area contributed by atoms with Crippen molar-refractivity contribution >= 4 is 11.7 Å². The van der Waals surface area contributed by atoms with Gasteiger partial charge in [0.1, 0.15) is 0 Å². The molecule has 6 nitrogen and oxygen atoms in total. The number of nitrogens with one attached hydrogen (secondary N) is 2. The second-order valence-corrected chi connectivity index (χ2v) is 6.82. The van der Waals surface area contributed by atoms with Gasteiger partial charge in [-0.2, -0.15) is 5.10 Å². The first-order valence-corrected chi connectivity index (χ1v) is 8.61. The summed E-state index contributed by atoms with van der Waals surface area (Å²) in [5, 5.41) is 11.1. The number of piperidine rings is 1. The molecule has 120 valence electrons. The van der Waals surface area contributed by atoms with Gasteiger partial charge in [-0.15, -0.1) is 0 Å². The van der Waals surface area contributed by atoms with E-state index in [0.717, 1.165) is 70.8 Å². The van der Waals surface area contributed by atoms with Crippen molar-refractivity contribution in [3.8, 4) is 0 Å². The summed E-state index contributed by atoms with van der Waals surface area (Å²) in [7, 11) is 0. The lowest BCUT2D eigenvalue weighted by Gasteiger charge is -2.32.